The highest BCUT2D eigenvalue weighted by Gasteiger charge is 2.39. The first-order valence-electron chi connectivity index (χ1n) is 15.1. The Hall–Kier alpha value is -5.27. The van der Waals surface area contributed by atoms with E-state index in [0.29, 0.717) is 37.4 Å². The molecule has 1 fully saturated rings. The van der Waals surface area contributed by atoms with Gasteiger partial charge in [0.1, 0.15) is 12.4 Å². The Bertz CT molecular complexity index is 1800. The Morgan fingerprint density at radius 2 is 1.58 bits per heavy atom. The summed E-state index contributed by atoms with van der Waals surface area (Å²) in [4.78, 5) is 50.0. The number of hydrogen-bond donors (Lipinski definition) is 5. The number of amides is 2. The minimum atomic E-state index is -5.08. The molecule has 19 heteroatoms. The van der Waals surface area contributed by atoms with E-state index in [1.165, 1.54) is 5.56 Å². The molecule has 2 aromatic heterocycles. The number of nitrogens with one attached hydrogen (secondary N) is 2. The van der Waals surface area contributed by atoms with Crippen LogP contribution in [0, 0.1) is 12.8 Å². The van der Waals surface area contributed by atoms with Crippen molar-refractivity contribution in [3.63, 3.8) is 0 Å². The summed E-state index contributed by atoms with van der Waals surface area (Å²) in [5.74, 6) is -6.13. The normalized spacial score (nSPS) is 16.0. The van der Waals surface area contributed by atoms with Gasteiger partial charge in [-0.3, -0.25) is 24.7 Å². The minimum Gasteiger partial charge on any atom is -0.489 e. The van der Waals surface area contributed by atoms with E-state index in [0.717, 1.165) is 28.7 Å². The van der Waals surface area contributed by atoms with Crippen LogP contribution in [0.15, 0.2) is 71.4 Å². The van der Waals surface area contributed by atoms with Crippen LogP contribution < -0.4 is 15.5 Å². The molecular formula is C33H32F6N4O8S. The topological polar surface area (TPSA) is 178 Å². The van der Waals surface area contributed by atoms with Crippen LogP contribution in [0.2, 0.25) is 0 Å². The molecule has 0 spiro atoms. The number of alkyl halides is 6. The van der Waals surface area contributed by atoms with Gasteiger partial charge in [0.25, 0.3) is 5.91 Å². The second-order valence-corrected chi connectivity index (χ2v) is 12.0. The maximum Gasteiger partial charge on any atom is 0.490 e. The molecule has 5 N–H and O–H groups in total. The van der Waals surface area contributed by atoms with Crippen LogP contribution >= 0.6 is 11.3 Å². The molecule has 5 rings (SSSR count). The summed E-state index contributed by atoms with van der Waals surface area (Å²) < 4.78 is 69.5. The second-order valence-electron chi connectivity index (χ2n) is 11.2. The van der Waals surface area contributed by atoms with Gasteiger partial charge in [0.15, 0.2) is 0 Å². The molecule has 280 valence electrons. The van der Waals surface area contributed by atoms with Gasteiger partial charge in [0.05, 0.1) is 17.5 Å². The van der Waals surface area contributed by atoms with Crippen molar-refractivity contribution >= 4 is 46.0 Å². The van der Waals surface area contributed by atoms with Crippen LogP contribution in [-0.2, 0) is 27.5 Å². The fourth-order valence-corrected chi connectivity index (χ4v) is 5.64. The van der Waals surface area contributed by atoms with Gasteiger partial charge in [-0.1, -0.05) is 18.2 Å². The molecule has 3 heterocycles. The predicted molar refractivity (Wildman–Crippen MR) is 174 cm³/mol. The monoisotopic (exact) mass is 758 g/mol. The van der Waals surface area contributed by atoms with Gasteiger partial charge in [-0.2, -0.15) is 37.7 Å². The zero-order valence-electron chi connectivity index (χ0n) is 27.1. The standard InChI is InChI=1S/C29H30N4O4S.2C2HF3O2/c1-19-14-22(24-4-2-3-5-26(24)30-19)17-37-23-8-6-21(7-9-23)28(34)31-27-16-33(15-20-11-13-38-18-20)12-10-25(27)29(35)32-36;2*3-2(4,5)1(6)7/h2-9,11,13-14,18,25,27,36H,10,12,15-17H2,1H3,(H,31,34)(H,32,35);2*(H,6,7)/t25-,27+;;/m0../s1. The largest absolute Gasteiger partial charge is 0.490 e. The number of benzene rings is 2. The number of piperidine rings is 1. The number of ether oxygens (including phenoxy) is 1. The molecule has 52 heavy (non-hydrogen) atoms. The second kappa shape index (κ2) is 18.3. The number of thiophene rings is 1. The Kier molecular flexibility index (Phi) is 14.5. The van der Waals surface area contributed by atoms with Gasteiger partial charge in [-0.15, -0.1) is 0 Å². The van der Waals surface area contributed by atoms with Crippen molar-refractivity contribution < 1.29 is 65.7 Å². The molecule has 2 atom stereocenters. The third-order valence-corrected chi connectivity index (χ3v) is 8.10. The third-order valence-electron chi connectivity index (χ3n) is 7.37. The van der Waals surface area contributed by atoms with E-state index in [1.807, 2.05) is 42.6 Å². The number of aliphatic carboxylic acids is 2. The van der Waals surface area contributed by atoms with Crippen LogP contribution in [0.3, 0.4) is 0 Å². The number of aromatic nitrogens is 1. The summed E-state index contributed by atoms with van der Waals surface area (Å²) in [7, 11) is 0. The lowest BCUT2D eigenvalue weighted by Gasteiger charge is -2.37. The van der Waals surface area contributed by atoms with E-state index in [4.69, 9.17) is 24.5 Å². The first-order valence-corrected chi connectivity index (χ1v) is 16.0. The molecule has 0 saturated carbocycles. The molecule has 2 amide bonds. The highest BCUT2D eigenvalue weighted by atomic mass is 32.1. The van der Waals surface area contributed by atoms with E-state index >= 15 is 0 Å². The first kappa shape index (κ1) is 41.2. The maximum atomic E-state index is 13.1. The number of para-hydroxylation sites is 1. The summed E-state index contributed by atoms with van der Waals surface area (Å²) >= 11 is 1.64. The molecule has 1 saturated heterocycles. The number of carboxylic acids is 2. The minimum absolute atomic E-state index is 0.273. The van der Waals surface area contributed by atoms with Crippen LogP contribution in [0.5, 0.6) is 5.75 Å². The third kappa shape index (κ3) is 12.5. The lowest BCUT2D eigenvalue weighted by atomic mass is 9.90. The van der Waals surface area contributed by atoms with Crippen molar-refractivity contribution in [1.82, 2.24) is 20.7 Å². The van der Waals surface area contributed by atoms with Crippen LogP contribution in [-0.4, -0.2) is 80.5 Å². The highest BCUT2D eigenvalue weighted by Crippen LogP contribution is 2.23. The van der Waals surface area contributed by atoms with Gasteiger partial charge < -0.3 is 20.3 Å². The number of carbonyl (C=O) groups excluding carboxylic acids is 2. The van der Waals surface area contributed by atoms with Crippen molar-refractivity contribution in [1.29, 1.82) is 0 Å². The Balaban J connectivity index is 0.000000441. The fourth-order valence-electron chi connectivity index (χ4n) is 4.98. The molecule has 2 aromatic carbocycles. The number of aryl methyl sites for hydroxylation is 1. The predicted octanol–water partition coefficient (Wildman–Crippen LogP) is 5.58. The fraction of sp³-hybridized carbons (Fsp3) is 0.303. The number of nitrogens with zero attached hydrogens (tertiary/aromatic N) is 2. The number of hydroxylamine groups is 1. The van der Waals surface area contributed by atoms with Crippen LogP contribution in [0.4, 0.5) is 26.3 Å². The number of pyridine rings is 1. The smallest absolute Gasteiger partial charge is 0.489 e. The van der Waals surface area contributed by atoms with Gasteiger partial charge in [-0.25, -0.2) is 15.1 Å². The molecule has 4 aromatic rings. The lowest BCUT2D eigenvalue weighted by Crippen LogP contribution is -2.56. The highest BCUT2D eigenvalue weighted by molar-refractivity contribution is 7.07. The Morgan fingerprint density at radius 3 is 2.13 bits per heavy atom. The molecule has 0 radical (unpaired) electrons. The SMILES string of the molecule is Cc1cc(COc2ccc(C(=O)N[C@@H]3CN(Cc4ccsc4)CC[C@@H]3C(=O)NO)cc2)c2ccccc2n1.O=C(O)C(F)(F)F.O=C(O)C(F)(F)F. The van der Waals surface area contributed by atoms with Crippen LogP contribution in [0.1, 0.15) is 33.6 Å². The van der Waals surface area contributed by atoms with Crippen molar-refractivity contribution in [2.45, 2.75) is 44.9 Å². The number of hydrogen-bond acceptors (Lipinski definition) is 9. The van der Waals surface area contributed by atoms with Crippen molar-refractivity contribution in [2.75, 3.05) is 13.1 Å². The van der Waals surface area contributed by atoms with E-state index in [-0.39, 0.29) is 5.91 Å². The molecule has 0 bridgehead atoms. The quantitative estimate of drug-likeness (QED) is 0.0867. The lowest BCUT2D eigenvalue weighted by molar-refractivity contribution is -0.193. The van der Waals surface area contributed by atoms with Crippen molar-refractivity contribution in [3.05, 3.63) is 93.8 Å². The van der Waals surface area contributed by atoms with Gasteiger partial charge >= 0.3 is 24.3 Å². The zero-order chi connectivity index (χ0) is 38.6. The summed E-state index contributed by atoms with van der Waals surface area (Å²) in [6.07, 6.45) is -9.63. The molecule has 0 unspecified atom stereocenters. The summed E-state index contributed by atoms with van der Waals surface area (Å²) in [5, 5.41) is 31.7. The van der Waals surface area contributed by atoms with E-state index in [2.05, 4.69) is 26.6 Å². The number of halogens is 6. The van der Waals surface area contributed by atoms with Gasteiger partial charge in [0, 0.05) is 35.3 Å². The van der Waals surface area contributed by atoms with Gasteiger partial charge in [-0.05, 0) is 78.7 Å². The average molecular weight is 759 g/mol. The average Bonchev–Trinajstić information content (AvgIpc) is 3.60. The summed E-state index contributed by atoms with van der Waals surface area (Å²) in [6, 6.07) is 18.6. The maximum absolute atomic E-state index is 13.1. The zero-order valence-corrected chi connectivity index (χ0v) is 27.9. The van der Waals surface area contributed by atoms with Crippen LogP contribution in [0.25, 0.3) is 10.9 Å². The molecule has 12 nitrogen and oxygen atoms in total. The van der Waals surface area contributed by atoms with Crippen molar-refractivity contribution in [3.8, 4) is 5.75 Å². The van der Waals surface area contributed by atoms with Gasteiger partial charge in [0.2, 0.25) is 5.91 Å². The molecule has 0 aliphatic carbocycles. The Morgan fingerprint density at radius 1 is 0.962 bits per heavy atom. The first-order chi connectivity index (χ1) is 24.4. The number of fused-ring (bicyclic) bond motifs is 1. The number of carbonyl (C=O) groups is 4. The van der Waals surface area contributed by atoms with E-state index in [1.54, 1.807) is 41.1 Å². The molecule has 1 aliphatic heterocycles. The summed E-state index contributed by atoms with van der Waals surface area (Å²) in [6.45, 7) is 4.32. The van der Waals surface area contributed by atoms with E-state index < -0.39 is 42.2 Å². The number of rotatable bonds is 8. The van der Waals surface area contributed by atoms with Crippen molar-refractivity contribution in [2.24, 2.45) is 5.92 Å². The molecular weight excluding hydrogens is 726 g/mol. The Labute approximate surface area is 295 Å². The number of carboxylic acid groups (broad SMARTS) is 2. The molecule has 1 aliphatic rings. The van der Waals surface area contributed by atoms with E-state index in [9.17, 15) is 41.1 Å². The summed E-state index contributed by atoms with van der Waals surface area (Å²) in [5.41, 5.74) is 6.35. The number of likely N-dealkylation sites (tertiary alicyclic amines) is 1.